The summed E-state index contributed by atoms with van der Waals surface area (Å²) < 4.78 is 14.0. The fourth-order valence-electron chi connectivity index (χ4n) is 1.64. The number of aromatic amines is 1. The molecule has 0 radical (unpaired) electrons. The Labute approximate surface area is 110 Å². The minimum atomic E-state index is -1.12. The second kappa shape index (κ2) is 4.96. The molecule has 9 heteroatoms. The molecule has 0 spiro atoms. The van der Waals surface area contributed by atoms with Crippen molar-refractivity contribution in [3.05, 3.63) is 66.7 Å². The Bertz CT molecular complexity index is 796. The summed E-state index contributed by atoms with van der Waals surface area (Å²) in [7, 11) is 0. The first-order valence-corrected chi connectivity index (χ1v) is 5.40. The van der Waals surface area contributed by atoms with Crippen LogP contribution in [-0.2, 0) is 6.54 Å². The predicted molar refractivity (Wildman–Crippen MR) is 67.9 cm³/mol. The second-order valence-electron chi connectivity index (χ2n) is 4.01. The predicted octanol–water partition coefficient (Wildman–Crippen LogP) is 0.214. The molecule has 0 aliphatic rings. The summed E-state index contributed by atoms with van der Waals surface area (Å²) in [5.74, 6) is -1.12. The number of halogens is 1. The number of hydrogen-bond acceptors (Lipinski definition) is 5. The van der Waals surface area contributed by atoms with Gasteiger partial charge < -0.3 is 5.73 Å². The van der Waals surface area contributed by atoms with Gasteiger partial charge in [-0.05, 0) is 11.6 Å². The zero-order chi connectivity index (χ0) is 14.9. The molecule has 0 saturated carbocycles. The van der Waals surface area contributed by atoms with Crippen LogP contribution in [0.25, 0.3) is 0 Å². The lowest BCUT2D eigenvalue weighted by molar-refractivity contribution is -0.384. The molecule has 20 heavy (non-hydrogen) atoms. The van der Waals surface area contributed by atoms with Crippen LogP contribution in [0.3, 0.4) is 0 Å². The van der Waals surface area contributed by atoms with Crippen molar-refractivity contribution in [1.82, 2.24) is 9.55 Å². The molecule has 1 aromatic heterocycles. The molecule has 2 rings (SSSR count). The molecule has 0 fully saturated rings. The normalized spacial score (nSPS) is 10.4. The topological polar surface area (TPSA) is 124 Å². The number of aromatic nitrogens is 2. The first-order valence-electron chi connectivity index (χ1n) is 5.40. The molecule has 0 aliphatic carbocycles. The van der Waals surface area contributed by atoms with Crippen molar-refractivity contribution < 1.29 is 9.31 Å². The quantitative estimate of drug-likeness (QED) is 0.472. The molecule has 0 atom stereocenters. The number of nitro groups is 1. The molecule has 1 heterocycles. The fourth-order valence-corrected chi connectivity index (χ4v) is 1.64. The summed E-state index contributed by atoms with van der Waals surface area (Å²) in [6.45, 7) is -0.131. The molecule has 0 bridgehead atoms. The number of nitrogens with one attached hydrogen (secondary N) is 1. The number of H-pyrrole nitrogens is 1. The Morgan fingerprint density at radius 2 is 2.10 bits per heavy atom. The van der Waals surface area contributed by atoms with Gasteiger partial charge in [-0.25, -0.2) is 4.79 Å². The average molecular weight is 280 g/mol. The third kappa shape index (κ3) is 2.55. The van der Waals surface area contributed by atoms with Gasteiger partial charge in [0.25, 0.3) is 11.2 Å². The van der Waals surface area contributed by atoms with Crippen molar-refractivity contribution in [1.29, 1.82) is 0 Å². The van der Waals surface area contributed by atoms with Crippen LogP contribution in [0.5, 0.6) is 0 Å². The molecule has 104 valence electrons. The summed E-state index contributed by atoms with van der Waals surface area (Å²) >= 11 is 0. The van der Waals surface area contributed by atoms with Crippen LogP contribution in [0.1, 0.15) is 5.56 Å². The van der Waals surface area contributed by atoms with Gasteiger partial charge in [0.15, 0.2) is 0 Å². The Kier molecular flexibility index (Phi) is 3.34. The number of nitrogen functional groups attached to an aromatic ring is 1. The van der Waals surface area contributed by atoms with Crippen LogP contribution in [0.2, 0.25) is 0 Å². The monoisotopic (exact) mass is 280 g/mol. The second-order valence-corrected chi connectivity index (χ2v) is 4.01. The molecule has 1 aromatic carbocycles. The largest absolute Gasteiger partial charge is 0.393 e. The number of nitrogens with two attached hydrogens (primary N) is 1. The number of benzene rings is 1. The highest BCUT2D eigenvalue weighted by Gasteiger charge is 2.12. The van der Waals surface area contributed by atoms with E-state index in [4.69, 9.17) is 5.73 Å². The van der Waals surface area contributed by atoms with Crippen molar-refractivity contribution in [2.75, 3.05) is 5.73 Å². The Hall–Kier alpha value is -2.97. The van der Waals surface area contributed by atoms with E-state index in [0.29, 0.717) is 5.56 Å². The van der Waals surface area contributed by atoms with Crippen molar-refractivity contribution >= 4 is 11.4 Å². The number of nitrogens with zero attached hydrogens (tertiary/aromatic N) is 2. The molecular formula is C11H9FN4O4. The van der Waals surface area contributed by atoms with Crippen molar-refractivity contribution in [2.45, 2.75) is 6.54 Å². The van der Waals surface area contributed by atoms with E-state index in [1.54, 1.807) is 4.98 Å². The van der Waals surface area contributed by atoms with Crippen LogP contribution in [-0.4, -0.2) is 14.5 Å². The van der Waals surface area contributed by atoms with Gasteiger partial charge >= 0.3 is 5.69 Å². The Balaban J connectivity index is 2.43. The maximum absolute atomic E-state index is 13.1. The van der Waals surface area contributed by atoms with E-state index in [9.17, 15) is 24.1 Å². The Morgan fingerprint density at radius 3 is 2.75 bits per heavy atom. The average Bonchev–Trinajstić information content (AvgIpc) is 2.37. The Morgan fingerprint density at radius 1 is 1.40 bits per heavy atom. The van der Waals surface area contributed by atoms with Gasteiger partial charge in [-0.1, -0.05) is 6.07 Å². The van der Waals surface area contributed by atoms with E-state index in [1.807, 2.05) is 0 Å². The third-order valence-corrected chi connectivity index (χ3v) is 2.61. The first-order chi connectivity index (χ1) is 9.38. The maximum Gasteiger partial charge on any atom is 0.328 e. The van der Waals surface area contributed by atoms with Crippen molar-refractivity contribution in [2.24, 2.45) is 0 Å². The number of anilines is 1. The molecule has 0 amide bonds. The summed E-state index contributed by atoms with van der Waals surface area (Å²) in [4.78, 5) is 34.2. The van der Waals surface area contributed by atoms with Gasteiger partial charge in [0.05, 0.1) is 17.7 Å². The highest BCUT2D eigenvalue weighted by atomic mass is 19.1. The number of hydrogen-bond donors (Lipinski definition) is 2. The first kappa shape index (κ1) is 13.5. The lowest BCUT2D eigenvalue weighted by atomic mass is 10.1. The number of nitro benzene ring substituents is 1. The molecule has 2 aromatic rings. The van der Waals surface area contributed by atoms with Crippen LogP contribution in [0.15, 0.2) is 34.0 Å². The van der Waals surface area contributed by atoms with E-state index in [-0.39, 0.29) is 17.9 Å². The fraction of sp³-hybridized carbons (Fsp3) is 0.0909. The van der Waals surface area contributed by atoms with Crippen LogP contribution < -0.4 is 17.0 Å². The van der Waals surface area contributed by atoms with Crippen LogP contribution in [0, 0.1) is 15.9 Å². The van der Waals surface area contributed by atoms with Crippen LogP contribution >= 0.6 is 0 Å². The highest BCUT2D eigenvalue weighted by molar-refractivity contribution is 5.59. The van der Waals surface area contributed by atoms with E-state index in [0.717, 1.165) is 10.8 Å². The molecule has 8 nitrogen and oxygen atoms in total. The summed E-state index contributed by atoms with van der Waals surface area (Å²) in [5, 5.41) is 10.7. The van der Waals surface area contributed by atoms with Gasteiger partial charge in [-0.3, -0.25) is 24.5 Å². The van der Waals surface area contributed by atoms with E-state index < -0.39 is 22.0 Å². The van der Waals surface area contributed by atoms with Gasteiger partial charge in [0, 0.05) is 6.07 Å². The molecule has 0 aliphatic heterocycles. The standard InChI is InChI=1S/C11H9FN4O4/c12-7-5-15(11(18)14-10(7)17)4-6-1-2-8(13)9(3-6)16(19)20/h1-3,5H,4,13H2,(H,14,17,18). The van der Waals surface area contributed by atoms with Gasteiger partial charge in [-0.2, -0.15) is 4.39 Å². The van der Waals surface area contributed by atoms with E-state index in [2.05, 4.69) is 0 Å². The SMILES string of the molecule is Nc1ccc(Cn2cc(F)c(=O)[nH]c2=O)cc1[N+](=O)[O-]. The maximum atomic E-state index is 13.1. The smallest absolute Gasteiger partial charge is 0.328 e. The minimum Gasteiger partial charge on any atom is -0.393 e. The van der Waals surface area contributed by atoms with Gasteiger partial charge in [0.1, 0.15) is 5.69 Å². The zero-order valence-electron chi connectivity index (χ0n) is 10.00. The third-order valence-electron chi connectivity index (χ3n) is 2.61. The van der Waals surface area contributed by atoms with Gasteiger partial charge in [0.2, 0.25) is 5.82 Å². The molecule has 0 saturated heterocycles. The lowest BCUT2D eigenvalue weighted by Crippen LogP contribution is -2.31. The summed E-state index contributed by atoms with van der Waals surface area (Å²) in [6.07, 6.45) is 0.739. The van der Waals surface area contributed by atoms with Crippen molar-refractivity contribution in [3.8, 4) is 0 Å². The van der Waals surface area contributed by atoms with E-state index in [1.165, 1.54) is 18.2 Å². The number of rotatable bonds is 3. The minimum absolute atomic E-state index is 0.0150. The zero-order valence-corrected chi connectivity index (χ0v) is 10.00. The summed E-state index contributed by atoms with van der Waals surface area (Å²) in [6, 6.07) is 3.98. The van der Waals surface area contributed by atoms with Crippen molar-refractivity contribution in [3.63, 3.8) is 0 Å². The summed E-state index contributed by atoms with van der Waals surface area (Å²) in [5.41, 5.74) is 3.57. The lowest BCUT2D eigenvalue weighted by Gasteiger charge is -2.06. The molecule has 3 N–H and O–H groups in total. The van der Waals surface area contributed by atoms with Gasteiger partial charge in [-0.15, -0.1) is 0 Å². The highest BCUT2D eigenvalue weighted by Crippen LogP contribution is 2.22. The molecule has 0 unspecified atom stereocenters. The van der Waals surface area contributed by atoms with E-state index >= 15 is 0 Å². The molecular weight excluding hydrogens is 271 g/mol. The van der Waals surface area contributed by atoms with Crippen LogP contribution in [0.4, 0.5) is 15.8 Å².